The van der Waals surface area contributed by atoms with Crippen molar-refractivity contribution < 1.29 is 4.74 Å². The van der Waals surface area contributed by atoms with Gasteiger partial charge >= 0.3 is 0 Å². The van der Waals surface area contributed by atoms with Gasteiger partial charge in [0.2, 0.25) is 0 Å². The Morgan fingerprint density at radius 2 is 1.90 bits per heavy atom. The topological polar surface area (TPSA) is 21.3 Å². The molecule has 0 aromatic rings. The Labute approximate surface area is 125 Å². The quantitative estimate of drug-likeness (QED) is 0.829. The number of hydrogen-bond donors (Lipinski definition) is 1. The molecular weight excluding hydrogens is 246 g/mol. The summed E-state index contributed by atoms with van der Waals surface area (Å²) in [4.78, 5) is 0. The molecule has 0 amide bonds. The third kappa shape index (κ3) is 3.06. The fourth-order valence-corrected chi connectivity index (χ4v) is 5.16. The molecule has 3 rings (SSSR count). The lowest BCUT2D eigenvalue weighted by molar-refractivity contribution is -0.0487. The van der Waals surface area contributed by atoms with E-state index in [0.29, 0.717) is 11.7 Å². The van der Waals surface area contributed by atoms with Crippen LogP contribution in [0.1, 0.15) is 77.6 Å². The Morgan fingerprint density at radius 1 is 1.10 bits per heavy atom. The van der Waals surface area contributed by atoms with Gasteiger partial charge in [-0.25, -0.2) is 0 Å². The minimum Gasteiger partial charge on any atom is -0.372 e. The van der Waals surface area contributed by atoms with Crippen molar-refractivity contribution in [3.63, 3.8) is 0 Å². The molecule has 1 aliphatic heterocycles. The summed E-state index contributed by atoms with van der Waals surface area (Å²) >= 11 is 0. The summed E-state index contributed by atoms with van der Waals surface area (Å²) < 4.78 is 6.55. The predicted octanol–water partition coefficient (Wildman–Crippen LogP) is 4.28. The molecule has 20 heavy (non-hydrogen) atoms. The van der Waals surface area contributed by atoms with Crippen molar-refractivity contribution in [3.8, 4) is 0 Å². The van der Waals surface area contributed by atoms with E-state index >= 15 is 0 Å². The molecule has 3 fully saturated rings. The van der Waals surface area contributed by atoms with Crippen molar-refractivity contribution in [3.05, 3.63) is 0 Å². The zero-order valence-electron chi connectivity index (χ0n) is 13.5. The molecule has 1 spiro atoms. The number of rotatable bonds is 4. The molecule has 116 valence electrons. The van der Waals surface area contributed by atoms with E-state index in [2.05, 4.69) is 19.3 Å². The maximum atomic E-state index is 6.55. The minimum atomic E-state index is 0.318. The van der Waals surface area contributed by atoms with E-state index in [-0.39, 0.29) is 0 Å². The van der Waals surface area contributed by atoms with Gasteiger partial charge in [-0.3, -0.25) is 0 Å². The van der Waals surface area contributed by atoms with Gasteiger partial charge in [0.1, 0.15) is 0 Å². The van der Waals surface area contributed by atoms with Crippen LogP contribution in [0.15, 0.2) is 0 Å². The average molecular weight is 279 g/mol. The first-order chi connectivity index (χ1) is 9.74. The molecule has 2 aliphatic carbocycles. The highest BCUT2D eigenvalue weighted by atomic mass is 16.5. The summed E-state index contributed by atoms with van der Waals surface area (Å²) in [7, 11) is 2.15. The van der Waals surface area contributed by atoms with Crippen LogP contribution >= 0.6 is 0 Å². The van der Waals surface area contributed by atoms with Crippen LogP contribution in [0.3, 0.4) is 0 Å². The molecule has 0 bridgehead atoms. The van der Waals surface area contributed by atoms with Crippen LogP contribution in [0.5, 0.6) is 0 Å². The molecule has 3 aliphatic rings. The fourth-order valence-electron chi connectivity index (χ4n) is 5.16. The highest BCUT2D eigenvalue weighted by molar-refractivity contribution is 4.94. The molecule has 1 N–H and O–H groups in total. The average Bonchev–Trinajstić information content (AvgIpc) is 3.09. The normalized spacial score (nSPS) is 40.5. The number of nitrogens with one attached hydrogen (secondary N) is 1. The Morgan fingerprint density at radius 3 is 2.60 bits per heavy atom. The van der Waals surface area contributed by atoms with Crippen molar-refractivity contribution in [2.75, 3.05) is 7.05 Å². The maximum Gasteiger partial charge on any atom is 0.0687 e. The number of ether oxygens (including phenoxy) is 1. The molecule has 4 atom stereocenters. The van der Waals surface area contributed by atoms with Crippen molar-refractivity contribution in [1.29, 1.82) is 0 Å². The lowest BCUT2D eigenvalue weighted by Crippen LogP contribution is -2.40. The first-order valence-corrected chi connectivity index (χ1v) is 9.10. The van der Waals surface area contributed by atoms with Gasteiger partial charge in [-0.15, -0.1) is 0 Å². The molecule has 0 aromatic carbocycles. The molecule has 0 radical (unpaired) electrons. The van der Waals surface area contributed by atoms with E-state index in [1.807, 2.05) is 0 Å². The van der Waals surface area contributed by atoms with Crippen molar-refractivity contribution >= 4 is 0 Å². The van der Waals surface area contributed by atoms with E-state index in [9.17, 15) is 0 Å². The van der Waals surface area contributed by atoms with Crippen LogP contribution in [0.2, 0.25) is 0 Å². The molecule has 2 saturated carbocycles. The van der Waals surface area contributed by atoms with E-state index in [4.69, 9.17) is 4.74 Å². The minimum absolute atomic E-state index is 0.318. The summed E-state index contributed by atoms with van der Waals surface area (Å²) in [6, 6.07) is 0.738. The molecule has 1 heterocycles. The van der Waals surface area contributed by atoms with Gasteiger partial charge in [0.15, 0.2) is 0 Å². The summed E-state index contributed by atoms with van der Waals surface area (Å²) in [6.07, 6.45) is 15.6. The van der Waals surface area contributed by atoms with Gasteiger partial charge in [0, 0.05) is 6.04 Å². The van der Waals surface area contributed by atoms with E-state index in [0.717, 1.165) is 17.9 Å². The third-order valence-corrected chi connectivity index (χ3v) is 6.46. The third-order valence-electron chi connectivity index (χ3n) is 6.46. The standard InChI is InChI=1S/C18H33NO/c1-3-14-6-7-17(19-2)15(12-14)13-16-8-11-18(20-16)9-4-5-10-18/h14-17,19H,3-13H2,1-2H3. The van der Waals surface area contributed by atoms with Crippen LogP contribution in [-0.2, 0) is 4.74 Å². The van der Waals surface area contributed by atoms with Crippen molar-refractivity contribution in [2.24, 2.45) is 11.8 Å². The van der Waals surface area contributed by atoms with Crippen LogP contribution in [0.25, 0.3) is 0 Å². The molecular formula is C18H33NO. The smallest absolute Gasteiger partial charge is 0.0687 e. The fraction of sp³-hybridized carbons (Fsp3) is 1.00. The molecule has 2 heteroatoms. The molecule has 4 unspecified atom stereocenters. The van der Waals surface area contributed by atoms with E-state index < -0.39 is 0 Å². The zero-order valence-corrected chi connectivity index (χ0v) is 13.5. The summed E-state index contributed by atoms with van der Waals surface area (Å²) in [5, 5.41) is 3.58. The van der Waals surface area contributed by atoms with Crippen LogP contribution in [-0.4, -0.2) is 24.8 Å². The highest BCUT2D eigenvalue weighted by Gasteiger charge is 2.43. The van der Waals surface area contributed by atoms with Gasteiger partial charge in [-0.1, -0.05) is 26.2 Å². The van der Waals surface area contributed by atoms with E-state index in [1.54, 1.807) is 0 Å². The second-order valence-electron chi connectivity index (χ2n) is 7.65. The summed E-state index contributed by atoms with van der Waals surface area (Å²) in [5.41, 5.74) is 0.318. The first-order valence-electron chi connectivity index (χ1n) is 9.10. The van der Waals surface area contributed by atoms with Gasteiger partial charge in [-0.2, -0.15) is 0 Å². The predicted molar refractivity (Wildman–Crippen MR) is 83.9 cm³/mol. The van der Waals surface area contributed by atoms with Crippen molar-refractivity contribution in [1.82, 2.24) is 5.32 Å². The SMILES string of the molecule is CCC1CCC(NC)C(CC2CCC3(CCCC3)O2)C1. The lowest BCUT2D eigenvalue weighted by Gasteiger charge is -2.37. The second kappa shape index (κ2) is 6.36. The maximum absolute atomic E-state index is 6.55. The van der Waals surface area contributed by atoms with Gasteiger partial charge in [0.25, 0.3) is 0 Å². The summed E-state index contributed by atoms with van der Waals surface area (Å²) in [6.45, 7) is 2.36. The largest absolute Gasteiger partial charge is 0.372 e. The second-order valence-corrected chi connectivity index (χ2v) is 7.65. The highest BCUT2D eigenvalue weighted by Crippen LogP contribution is 2.45. The van der Waals surface area contributed by atoms with Crippen LogP contribution in [0, 0.1) is 11.8 Å². The monoisotopic (exact) mass is 279 g/mol. The number of hydrogen-bond acceptors (Lipinski definition) is 2. The first kappa shape index (κ1) is 14.8. The Kier molecular flexibility index (Phi) is 4.72. The molecule has 1 saturated heterocycles. The molecule has 0 aromatic heterocycles. The Bertz CT molecular complexity index is 311. The van der Waals surface area contributed by atoms with Gasteiger partial charge < -0.3 is 10.1 Å². The zero-order chi connectivity index (χ0) is 14.0. The Hall–Kier alpha value is -0.0800. The van der Waals surface area contributed by atoms with Crippen LogP contribution in [0.4, 0.5) is 0 Å². The summed E-state index contributed by atoms with van der Waals surface area (Å²) in [5.74, 6) is 1.81. The molecule has 2 nitrogen and oxygen atoms in total. The Balaban J connectivity index is 1.55. The lowest BCUT2D eigenvalue weighted by atomic mass is 9.74. The van der Waals surface area contributed by atoms with Gasteiger partial charge in [0.05, 0.1) is 11.7 Å². The van der Waals surface area contributed by atoms with Crippen molar-refractivity contribution in [2.45, 2.75) is 95.3 Å². The van der Waals surface area contributed by atoms with E-state index in [1.165, 1.54) is 70.6 Å². The van der Waals surface area contributed by atoms with Gasteiger partial charge in [-0.05, 0) is 70.3 Å². The van der Waals surface area contributed by atoms with Crippen LogP contribution < -0.4 is 5.32 Å².